The molecule has 0 radical (unpaired) electrons. The van der Waals surface area contributed by atoms with E-state index in [4.69, 9.17) is 10.5 Å². The fraction of sp³-hybridized carbons (Fsp3) is 0.542. The van der Waals surface area contributed by atoms with E-state index in [1.807, 2.05) is 6.92 Å². The molecule has 4 N–H and O–H groups in total. The number of methoxy groups -OCH3 is 1. The van der Waals surface area contributed by atoms with Crippen LogP contribution in [-0.2, 0) is 23.9 Å². The van der Waals surface area contributed by atoms with Crippen LogP contribution in [0, 0.1) is 23.7 Å². The van der Waals surface area contributed by atoms with Gasteiger partial charge in [0, 0.05) is 18.9 Å². The van der Waals surface area contributed by atoms with Gasteiger partial charge in [-0.15, -0.1) is 0 Å². The summed E-state index contributed by atoms with van der Waals surface area (Å²) in [5.74, 6) is -9.69. The first-order valence-electron chi connectivity index (χ1n) is 11.1. The van der Waals surface area contributed by atoms with E-state index in [-0.39, 0.29) is 11.3 Å². The molecule has 1 amide bonds. The van der Waals surface area contributed by atoms with Crippen molar-refractivity contribution in [2.24, 2.45) is 29.4 Å². The molecule has 34 heavy (non-hydrogen) atoms. The maximum absolute atomic E-state index is 14.2. The summed E-state index contributed by atoms with van der Waals surface area (Å²) in [5.41, 5.74) is 4.01. The second kappa shape index (κ2) is 8.07. The minimum Gasteiger partial charge on any atom is -0.507 e. The van der Waals surface area contributed by atoms with Crippen LogP contribution in [0.3, 0.4) is 0 Å². The fourth-order valence-corrected chi connectivity index (χ4v) is 6.66. The summed E-state index contributed by atoms with van der Waals surface area (Å²) in [4.78, 5) is 68.8. The zero-order valence-corrected chi connectivity index (χ0v) is 19.7. The number of phenols is 1. The zero-order valence-electron chi connectivity index (χ0n) is 19.7. The number of hydrogen-bond acceptors (Lipinski definition) is 9. The Kier molecular flexibility index (Phi) is 5.74. The number of benzene rings is 1. The summed E-state index contributed by atoms with van der Waals surface area (Å²) < 4.78 is 5.89. The number of fused-ring (bicyclic) bond motifs is 3. The maximum atomic E-state index is 14.2. The molecule has 0 bridgehead atoms. The standard InChI is InChI=1S/C24H29N3O7/c1-9-10-7-6-8-11(28)13(10)18(29)14-12(9)20(34-5)16-17(27(3)4)19(30)15(23(25)33)22(32)24(16,26-2)21(14)31/h6-9,12,14-17,20,26,28H,1-5H3,(H2,25,33)/t9-,12?,14?,15?,16-,17-,20+,24-/m0/s1. The third kappa shape index (κ3) is 2.82. The second-order valence-corrected chi connectivity index (χ2v) is 9.61. The predicted octanol–water partition coefficient (Wildman–Crippen LogP) is -0.720. The van der Waals surface area contributed by atoms with Crippen LogP contribution in [0.5, 0.6) is 5.75 Å². The largest absolute Gasteiger partial charge is 0.507 e. The molecule has 1 aromatic rings. The second-order valence-electron chi connectivity index (χ2n) is 9.61. The van der Waals surface area contributed by atoms with Crippen LogP contribution in [0.4, 0.5) is 0 Å². The lowest BCUT2D eigenvalue weighted by atomic mass is 9.48. The number of amides is 1. The highest BCUT2D eigenvalue weighted by atomic mass is 16.5. The summed E-state index contributed by atoms with van der Waals surface area (Å²) in [6.07, 6.45) is -0.876. The number of likely N-dealkylation sites (N-methyl/N-ethyl adjacent to an activating group) is 2. The van der Waals surface area contributed by atoms with Crippen molar-refractivity contribution in [3.63, 3.8) is 0 Å². The number of primary amides is 1. The minimum absolute atomic E-state index is 0.0408. The number of hydrogen-bond donors (Lipinski definition) is 3. The number of aromatic hydroxyl groups is 1. The third-order valence-electron chi connectivity index (χ3n) is 8.04. The molecule has 4 rings (SSSR count). The molecule has 1 aromatic carbocycles. The van der Waals surface area contributed by atoms with Crippen molar-refractivity contribution in [2.75, 3.05) is 28.3 Å². The molecule has 0 aromatic heterocycles. The molecular weight excluding hydrogens is 442 g/mol. The fourth-order valence-electron chi connectivity index (χ4n) is 6.66. The first kappa shape index (κ1) is 24.2. The normalized spacial score (nSPS) is 37.3. The van der Waals surface area contributed by atoms with Crippen LogP contribution in [-0.4, -0.2) is 85.0 Å². The Bertz CT molecular complexity index is 1120. The van der Waals surface area contributed by atoms with Gasteiger partial charge in [0.2, 0.25) is 5.91 Å². The van der Waals surface area contributed by atoms with Crippen LogP contribution >= 0.6 is 0 Å². The highest BCUT2D eigenvalue weighted by Gasteiger charge is 2.73. The molecule has 3 aliphatic carbocycles. The van der Waals surface area contributed by atoms with E-state index < -0.39 is 76.3 Å². The van der Waals surface area contributed by atoms with Gasteiger partial charge in [0.1, 0.15) is 11.3 Å². The smallest absolute Gasteiger partial charge is 0.235 e. The Labute approximate surface area is 196 Å². The SMILES string of the molecule is CN[C@@]12C(=O)C(C(N)=O)C(=O)[C@@H](N(C)C)[C@H]1[C@H](OC)C1C(C(=O)c3c(O)cccc3[C@@H]1C)C2=O. The first-order valence-corrected chi connectivity index (χ1v) is 11.1. The van der Waals surface area contributed by atoms with E-state index in [2.05, 4.69) is 5.32 Å². The van der Waals surface area contributed by atoms with E-state index in [0.29, 0.717) is 5.56 Å². The Morgan fingerprint density at radius 2 is 1.82 bits per heavy atom. The monoisotopic (exact) mass is 471 g/mol. The molecule has 2 fully saturated rings. The van der Waals surface area contributed by atoms with Gasteiger partial charge in [0.05, 0.1) is 23.6 Å². The van der Waals surface area contributed by atoms with Gasteiger partial charge < -0.3 is 20.9 Å². The Morgan fingerprint density at radius 1 is 1.18 bits per heavy atom. The molecule has 3 unspecified atom stereocenters. The number of carbonyl (C=O) groups is 5. The van der Waals surface area contributed by atoms with Gasteiger partial charge in [-0.1, -0.05) is 19.1 Å². The van der Waals surface area contributed by atoms with Crippen molar-refractivity contribution in [1.29, 1.82) is 0 Å². The van der Waals surface area contributed by atoms with E-state index in [9.17, 15) is 29.1 Å². The van der Waals surface area contributed by atoms with Gasteiger partial charge in [-0.2, -0.15) is 0 Å². The molecule has 8 atom stereocenters. The van der Waals surface area contributed by atoms with E-state index in [1.54, 1.807) is 31.1 Å². The minimum atomic E-state index is -2.05. The van der Waals surface area contributed by atoms with Crippen molar-refractivity contribution < 1.29 is 33.8 Å². The molecule has 0 saturated heterocycles. The predicted molar refractivity (Wildman–Crippen MR) is 119 cm³/mol. The molecule has 0 spiro atoms. The van der Waals surface area contributed by atoms with Crippen LogP contribution in [0.2, 0.25) is 0 Å². The molecule has 182 valence electrons. The maximum Gasteiger partial charge on any atom is 0.235 e. The lowest BCUT2D eigenvalue weighted by Gasteiger charge is -2.58. The number of nitrogens with two attached hydrogens (primary N) is 1. The van der Waals surface area contributed by atoms with Gasteiger partial charge in [0.25, 0.3) is 0 Å². The summed E-state index contributed by atoms with van der Waals surface area (Å²) in [5, 5.41) is 13.3. The van der Waals surface area contributed by atoms with Crippen molar-refractivity contribution in [1.82, 2.24) is 10.2 Å². The lowest BCUT2D eigenvalue weighted by molar-refractivity contribution is -0.175. The first-order chi connectivity index (χ1) is 16.0. The number of nitrogens with one attached hydrogen (secondary N) is 1. The number of ketones is 4. The Hall–Kier alpha value is -2.95. The van der Waals surface area contributed by atoms with Crippen LogP contribution in [0.1, 0.15) is 28.8 Å². The highest BCUT2D eigenvalue weighted by molar-refractivity contribution is 6.33. The van der Waals surface area contributed by atoms with Crippen LogP contribution in [0.25, 0.3) is 0 Å². The van der Waals surface area contributed by atoms with Crippen molar-refractivity contribution in [2.45, 2.75) is 30.5 Å². The van der Waals surface area contributed by atoms with E-state index in [0.717, 1.165) is 0 Å². The molecule has 0 aliphatic heterocycles. The topological polar surface area (TPSA) is 156 Å². The summed E-state index contributed by atoms with van der Waals surface area (Å²) in [6, 6.07) is 3.66. The molecule has 2 saturated carbocycles. The van der Waals surface area contributed by atoms with E-state index in [1.165, 1.54) is 20.2 Å². The molecule has 3 aliphatic rings. The number of carbonyl (C=O) groups excluding carboxylic acids is 5. The van der Waals surface area contributed by atoms with Crippen LogP contribution in [0.15, 0.2) is 18.2 Å². The van der Waals surface area contributed by atoms with Gasteiger partial charge in [0.15, 0.2) is 29.1 Å². The average molecular weight is 472 g/mol. The molecule has 10 heteroatoms. The van der Waals surface area contributed by atoms with Crippen LogP contribution < -0.4 is 11.1 Å². The lowest BCUT2D eigenvalue weighted by Crippen LogP contribution is -2.81. The van der Waals surface area contributed by atoms with Gasteiger partial charge in [-0.3, -0.25) is 28.9 Å². The summed E-state index contributed by atoms with van der Waals surface area (Å²) >= 11 is 0. The van der Waals surface area contributed by atoms with Crippen molar-refractivity contribution in [3.8, 4) is 5.75 Å². The molecule has 0 heterocycles. The summed E-state index contributed by atoms with van der Waals surface area (Å²) in [6.45, 7) is 1.83. The summed E-state index contributed by atoms with van der Waals surface area (Å²) in [7, 11) is 6.03. The molecular formula is C24H29N3O7. The quantitative estimate of drug-likeness (QED) is 0.482. The van der Waals surface area contributed by atoms with Crippen molar-refractivity contribution >= 4 is 29.0 Å². The number of rotatable bonds is 4. The number of Topliss-reactive ketones (excluding diaryl/α,β-unsaturated/α-hetero) is 4. The Morgan fingerprint density at radius 3 is 2.35 bits per heavy atom. The molecule has 10 nitrogen and oxygen atoms in total. The van der Waals surface area contributed by atoms with Gasteiger partial charge >= 0.3 is 0 Å². The average Bonchev–Trinajstić information content (AvgIpc) is 2.76. The number of phenolic OH excluding ortho intramolecular Hbond substituents is 1. The van der Waals surface area contributed by atoms with E-state index >= 15 is 0 Å². The number of ether oxygens (including phenoxy) is 1. The third-order valence-corrected chi connectivity index (χ3v) is 8.04. The van der Waals surface area contributed by atoms with Crippen molar-refractivity contribution in [3.05, 3.63) is 29.3 Å². The van der Waals surface area contributed by atoms with Gasteiger partial charge in [-0.05, 0) is 38.7 Å². The highest BCUT2D eigenvalue weighted by Crippen LogP contribution is 2.55. The Balaban J connectivity index is 2.03. The number of nitrogens with zero attached hydrogens (tertiary/aromatic N) is 1. The zero-order chi connectivity index (χ0) is 25.3. The van der Waals surface area contributed by atoms with Gasteiger partial charge in [-0.25, -0.2) is 0 Å².